The first-order valence-corrected chi connectivity index (χ1v) is 7.14. The van der Waals surface area contributed by atoms with Crippen molar-refractivity contribution in [3.05, 3.63) is 51.9 Å². The molecule has 0 unspecified atom stereocenters. The van der Waals surface area contributed by atoms with Crippen LogP contribution in [0.2, 0.25) is 5.02 Å². The second-order valence-electron chi connectivity index (χ2n) is 4.43. The Labute approximate surface area is 124 Å². The number of carboxylic acid groups (broad SMARTS) is 1. The van der Waals surface area contributed by atoms with Crippen molar-refractivity contribution >= 4 is 39.8 Å². The summed E-state index contributed by atoms with van der Waals surface area (Å²) < 4.78 is 0. The predicted octanol–water partition coefficient (Wildman–Crippen LogP) is 4.62. The molecule has 2 heterocycles. The Balaban J connectivity index is 2.31. The summed E-state index contributed by atoms with van der Waals surface area (Å²) in [5.74, 6) is -0.978. The molecule has 0 spiro atoms. The lowest BCUT2D eigenvalue weighted by Crippen LogP contribution is -1.99. The SMILES string of the molecule is Cc1ccc(-c2cc(C(=O)O)c3cc(Cl)ccc3n2)s1. The summed E-state index contributed by atoms with van der Waals surface area (Å²) in [5, 5.41) is 10.4. The van der Waals surface area contributed by atoms with Gasteiger partial charge in [0.25, 0.3) is 0 Å². The van der Waals surface area contributed by atoms with Crippen molar-refractivity contribution in [2.75, 3.05) is 0 Å². The molecule has 0 saturated heterocycles. The summed E-state index contributed by atoms with van der Waals surface area (Å²) >= 11 is 7.53. The molecule has 0 fully saturated rings. The quantitative estimate of drug-likeness (QED) is 0.751. The van der Waals surface area contributed by atoms with Crippen molar-refractivity contribution in [1.29, 1.82) is 0 Å². The molecule has 2 aromatic heterocycles. The molecule has 5 heteroatoms. The highest BCUT2D eigenvalue weighted by Crippen LogP contribution is 2.30. The second kappa shape index (κ2) is 4.89. The van der Waals surface area contributed by atoms with Gasteiger partial charge in [-0.1, -0.05) is 11.6 Å². The number of hydrogen-bond acceptors (Lipinski definition) is 3. The lowest BCUT2D eigenvalue weighted by atomic mass is 10.1. The number of thiophene rings is 1. The van der Waals surface area contributed by atoms with Gasteiger partial charge in [0.15, 0.2) is 0 Å². The number of halogens is 1. The fourth-order valence-electron chi connectivity index (χ4n) is 2.07. The number of pyridine rings is 1. The first-order chi connectivity index (χ1) is 9.54. The fourth-order valence-corrected chi connectivity index (χ4v) is 3.07. The Morgan fingerprint density at radius 1 is 1.25 bits per heavy atom. The summed E-state index contributed by atoms with van der Waals surface area (Å²) in [5.41, 5.74) is 1.53. The molecule has 0 bridgehead atoms. The Hall–Kier alpha value is -1.91. The van der Waals surface area contributed by atoms with Crippen molar-refractivity contribution in [2.24, 2.45) is 0 Å². The van der Waals surface area contributed by atoms with Crippen molar-refractivity contribution in [1.82, 2.24) is 4.98 Å². The maximum Gasteiger partial charge on any atom is 0.336 e. The Kier molecular flexibility index (Phi) is 3.20. The van der Waals surface area contributed by atoms with Gasteiger partial charge in [0.2, 0.25) is 0 Å². The van der Waals surface area contributed by atoms with Crippen molar-refractivity contribution in [3.63, 3.8) is 0 Å². The highest BCUT2D eigenvalue weighted by molar-refractivity contribution is 7.15. The van der Waals surface area contributed by atoms with Crippen molar-refractivity contribution in [2.45, 2.75) is 6.92 Å². The first kappa shape index (κ1) is 13.1. The smallest absolute Gasteiger partial charge is 0.336 e. The van der Waals surface area contributed by atoms with Crippen LogP contribution in [0.15, 0.2) is 36.4 Å². The minimum absolute atomic E-state index is 0.221. The van der Waals surface area contributed by atoms with Crippen LogP contribution in [0.3, 0.4) is 0 Å². The van der Waals surface area contributed by atoms with Gasteiger partial charge in [-0.25, -0.2) is 9.78 Å². The summed E-state index contributed by atoms with van der Waals surface area (Å²) in [7, 11) is 0. The minimum atomic E-state index is -0.978. The molecule has 20 heavy (non-hydrogen) atoms. The highest BCUT2D eigenvalue weighted by Gasteiger charge is 2.14. The molecule has 3 aromatic rings. The molecule has 0 atom stereocenters. The number of aromatic carboxylic acids is 1. The van der Waals surface area contributed by atoms with E-state index in [9.17, 15) is 9.90 Å². The maximum atomic E-state index is 11.4. The number of fused-ring (bicyclic) bond motifs is 1. The largest absolute Gasteiger partial charge is 0.478 e. The monoisotopic (exact) mass is 303 g/mol. The van der Waals surface area contributed by atoms with Crippen LogP contribution in [0.25, 0.3) is 21.5 Å². The van der Waals surface area contributed by atoms with E-state index in [4.69, 9.17) is 11.6 Å². The third-order valence-electron chi connectivity index (χ3n) is 2.99. The van der Waals surface area contributed by atoms with E-state index >= 15 is 0 Å². The van der Waals surface area contributed by atoms with Crippen LogP contribution in [0.5, 0.6) is 0 Å². The molecule has 0 aliphatic heterocycles. The summed E-state index contributed by atoms with van der Waals surface area (Å²) in [6, 6.07) is 10.6. The van der Waals surface area contributed by atoms with Crippen molar-refractivity contribution in [3.8, 4) is 10.6 Å². The number of carbonyl (C=O) groups is 1. The van der Waals surface area contributed by atoms with Crippen LogP contribution in [0.1, 0.15) is 15.2 Å². The van der Waals surface area contributed by atoms with E-state index in [1.165, 1.54) is 0 Å². The third kappa shape index (κ3) is 2.28. The zero-order valence-corrected chi connectivity index (χ0v) is 12.1. The molecule has 0 radical (unpaired) electrons. The van der Waals surface area contributed by atoms with Crippen LogP contribution in [0.4, 0.5) is 0 Å². The Morgan fingerprint density at radius 2 is 2.05 bits per heavy atom. The Morgan fingerprint density at radius 3 is 2.70 bits per heavy atom. The number of rotatable bonds is 2. The van der Waals surface area contributed by atoms with E-state index in [1.807, 2.05) is 19.1 Å². The van der Waals surface area contributed by atoms with E-state index in [1.54, 1.807) is 35.6 Å². The number of benzene rings is 1. The lowest BCUT2D eigenvalue weighted by Gasteiger charge is -2.06. The second-order valence-corrected chi connectivity index (χ2v) is 6.16. The number of aryl methyl sites for hydroxylation is 1. The average molecular weight is 304 g/mol. The fraction of sp³-hybridized carbons (Fsp3) is 0.0667. The number of hydrogen-bond donors (Lipinski definition) is 1. The van der Waals surface area contributed by atoms with Gasteiger partial charge in [-0.15, -0.1) is 11.3 Å². The van der Waals surface area contributed by atoms with E-state index in [0.29, 0.717) is 21.6 Å². The van der Waals surface area contributed by atoms with Crippen molar-refractivity contribution < 1.29 is 9.90 Å². The molecule has 3 nitrogen and oxygen atoms in total. The van der Waals surface area contributed by atoms with Gasteiger partial charge in [0.1, 0.15) is 0 Å². The van der Waals surface area contributed by atoms with Crippen LogP contribution in [0, 0.1) is 6.92 Å². The predicted molar refractivity (Wildman–Crippen MR) is 81.8 cm³/mol. The molecule has 1 N–H and O–H groups in total. The highest BCUT2D eigenvalue weighted by atomic mass is 35.5. The topological polar surface area (TPSA) is 50.2 Å². The normalized spacial score (nSPS) is 10.9. The summed E-state index contributed by atoms with van der Waals surface area (Å²) in [6.07, 6.45) is 0. The standard InChI is InChI=1S/C15H10ClNO2S/c1-8-2-5-14(20-8)13-7-11(15(18)19)10-6-9(16)3-4-12(10)17-13/h2-7H,1H3,(H,18,19). The molecule has 1 aromatic carbocycles. The summed E-state index contributed by atoms with van der Waals surface area (Å²) in [4.78, 5) is 18.1. The molecule has 0 amide bonds. The number of carboxylic acids is 1. The van der Waals surface area contributed by atoms with Crippen LogP contribution in [-0.4, -0.2) is 16.1 Å². The van der Waals surface area contributed by atoms with E-state index < -0.39 is 5.97 Å². The van der Waals surface area contributed by atoms with Gasteiger partial charge in [-0.05, 0) is 43.3 Å². The van der Waals surface area contributed by atoms with E-state index in [2.05, 4.69) is 4.98 Å². The van der Waals surface area contributed by atoms with Gasteiger partial charge in [0, 0.05) is 15.3 Å². The van der Waals surface area contributed by atoms with Gasteiger partial charge in [0.05, 0.1) is 21.7 Å². The van der Waals surface area contributed by atoms with Gasteiger partial charge >= 0.3 is 5.97 Å². The molecule has 0 aliphatic rings. The van der Waals surface area contributed by atoms with Crippen LogP contribution < -0.4 is 0 Å². The maximum absolute atomic E-state index is 11.4. The van der Waals surface area contributed by atoms with Crippen LogP contribution >= 0.6 is 22.9 Å². The van der Waals surface area contributed by atoms with Gasteiger partial charge < -0.3 is 5.11 Å². The lowest BCUT2D eigenvalue weighted by molar-refractivity contribution is 0.0699. The van der Waals surface area contributed by atoms with E-state index in [0.717, 1.165) is 9.75 Å². The Bertz CT molecular complexity index is 826. The molecular formula is C15H10ClNO2S. The molecule has 0 saturated carbocycles. The molecular weight excluding hydrogens is 294 g/mol. The minimum Gasteiger partial charge on any atom is -0.478 e. The first-order valence-electron chi connectivity index (χ1n) is 5.95. The third-order valence-corrected chi connectivity index (χ3v) is 4.25. The molecule has 3 rings (SSSR count). The number of aromatic nitrogens is 1. The number of nitrogens with zero attached hydrogens (tertiary/aromatic N) is 1. The summed E-state index contributed by atoms with van der Waals surface area (Å²) in [6.45, 7) is 2.01. The zero-order valence-electron chi connectivity index (χ0n) is 10.6. The zero-order chi connectivity index (χ0) is 14.3. The molecule has 0 aliphatic carbocycles. The van der Waals surface area contributed by atoms with Gasteiger partial charge in [-0.2, -0.15) is 0 Å². The van der Waals surface area contributed by atoms with E-state index in [-0.39, 0.29) is 5.56 Å². The van der Waals surface area contributed by atoms with Gasteiger partial charge in [-0.3, -0.25) is 0 Å². The molecule has 100 valence electrons. The average Bonchev–Trinajstić information content (AvgIpc) is 2.84. The van der Waals surface area contributed by atoms with Crippen LogP contribution in [-0.2, 0) is 0 Å².